The van der Waals surface area contributed by atoms with Gasteiger partial charge in [-0.25, -0.2) is 8.42 Å². The van der Waals surface area contributed by atoms with Gasteiger partial charge in [-0.2, -0.15) is 4.31 Å². The molecule has 8 heteroatoms. The monoisotopic (exact) mass is 442 g/mol. The Bertz CT molecular complexity index is 1100. The number of rotatable bonds is 4. The van der Waals surface area contributed by atoms with E-state index in [9.17, 15) is 13.2 Å². The maximum atomic E-state index is 13.4. The van der Waals surface area contributed by atoms with Gasteiger partial charge in [0.2, 0.25) is 15.9 Å². The van der Waals surface area contributed by atoms with Crippen LogP contribution in [0.3, 0.4) is 0 Å². The maximum absolute atomic E-state index is 13.4. The van der Waals surface area contributed by atoms with Gasteiger partial charge in [-0.05, 0) is 55.4 Å². The molecule has 1 fully saturated rings. The number of sulfonamides is 1. The van der Waals surface area contributed by atoms with Crippen LogP contribution in [0.15, 0.2) is 47.4 Å². The van der Waals surface area contributed by atoms with Gasteiger partial charge in [0, 0.05) is 12.6 Å². The van der Waals surface area contributed by atoms with Gasteiger partial charge in [0.25, 0.3) is 0 Å². The van der Waals surface area contributed by atoms with Gasteiger partial charge < -0.3 is 14.8 Å². The molecule has 3 aliphatic rings. The fraction of sp³-hybridized carbons (Fsp3) is 0.435. The summed E-state index contributed by atoms with van der Waals surface area (Å²) < 4.78 is 39.1. The molecule has 0 radical (unpaired) electrons. The lowest BCUT2D eigenvalue weighted by Gasteiger charge is -2.29. The highest BCUT2D eigenvalue weighted by Crippen LogP contribution is 2.35. The van der Waals surface area contributed by atoms with Crippen molar-refractivity contribution in [3.05, 3.63) is 53.6 Å². The van der Waals surface area contributed by atoms with Crippen molar-refractivity contribution in [1.29, 1.82) is 0 Å². The zero-order chi connectivity index (χ0) is 21.4. The summed E-state index contributed by atoms with van der Waals surface area (Å²) in [4.78, 5) is 13.3. The summed E-state index contributed by atoms with van der Waals surface area (Å²) in [6.07, 6.45) is 4.06. The molecule has 0 saturated carbocycles. The third-order valence-electron chi connectivity index (χ3n) is 6.31. The molecule has 2 aliphatic heterocycles. The minimum absolute atomic E-state index is 0.0723. The highest BCUT2D eigenvalue weighted by atomic mass is 32.2. The number of amides is 1. The van der Waals surface area contributed by atoms with Gasteiger partial charge in [0.15, 0.2) is 11.5 Å². The van der Waals surface area contributed by atoms with Crippen LogP contribution in [0.25, 0.3) is 0 Å². The Morgan fingerprint density at radius 3 is 2.68 bits per heavy atom. The van der Waals surface area contributed by atoms with E-state index in [1.165, 1.54) is 22.0 Å². The smallest absolute Gasteiger partial charge is 0.243 e. The van der Waals surface area contributed by atoms with Crippen LogP contribution in [-0.2, 0) is 21.2 Å². The highest BCUT2D eigenvalue weighted by Gasteiger charge is 2.40. The van der Waals surface area contributed by atoms with Crippen molar-refractivity contribution in [3.63, 3.8) is 0 Å². The van der Waals surface area contributed by atoms with E-state index in [0.717, 1.165) is 24.8 Å². The van der Waals surface area contributed by atoms with E-state index in [1.54, 1.807) is 6.07 Å². The number of hydrogen-bond acceptors (Lipinski definition) is 5. The molecule has 0 bridgehead atoms. The highest BCUT2D eigenvalue weighted by molar-refractivity contribution is 7.89. The van der Waals surface area contributed by atoms with Crippen LogP contribution < -0.4 is 14.8 Å². The first-order valence-corrected chi connectivity index (χ1v) is 12.3. The quantitative estimate of drug-likeness (QED) is 0.787. The third kappa shape index (κ3) is 3.78. The summed E-state index contributed by atoms with van der Waals surface area (Å²) in [5.74, 6) is 0.739. The molecule has 0 unspecified atom stereocenters. The first kappa shape index (κ1) is 20.3. The van der Waals surface area contributed by atoms with Crippen LogP contribution in [0.5, 0.6) is 11.5 Å². The second-order valence-electron chi connectivity index (χ2n) is 8.23. The van der Waals surface area contributed by atoms with E-state index >= 15 is 0 Å². The van der Waals surface area contributed by atoms with Crippen molar-refractivity contribution in [2.45, 2.75) is 49.1 Å². The lowest BCUT2D eigenvalue weighted by Crippen LogP contribution is -2.47. The van der Waals surface area contributed by atoms with Crippen LogP contribution in [0, 0.1) is 0 Å². The van der Waals surface area contributed by atoms with Gasteiger partial charge in [0.05, 0.1) is 10.9 Å². The molecule has 1 amide bonds. The van der Waals surface area contributed by atoms with Gasteiger partial charge in [0.1, 0.15) is 19.3 Å². The maximum Gasteiger partial charge on any atom is 0.243 e. The Morgan fingerprint density at radius 1 is 1.00 bits per heavy atom. The Kier molecular flexibility index (Phi) is 5.35. The zero-order valence-corrected chi connectivity index (χ0v) is 18.1. The molecule has 5 rings (SSSR count). The molecular formula is C23H26N2O5S. The normalized spacial score (nSPS) is 23.2. The molecule has 2 atom stereocenters. The number of benzene rings is 2. The Morgan fingerprint density at radius 2 is 1.81 bits per heavy atom. The average Bonchev–Trinajstić information content (AvgIpc) is 3.30. The molecule has 0 spiro atoms. The largest absolute Gasteiger partial charge is 0.486 e. The third-order valence-corrected chi connectivity index (χ3v) is 8.22. The van der Waals surface area contributed by atoms with E-state index in [2.05, 4.69) is 17.4 Å². The van der Waals surface area contributed by atoms with Gasteiger partial charge in [-0.1, -0.05) is 24.3 Å². The predicted molar refractivity (Wildman–Crippen MR) is 115 cm³/mol. The van der Waals surface area contributed by atoms with E-state index in [4.69, 9.17) is 9.47 Å². The first-order chi connectivity index (χ1) is 15.0. The number of carbonyl (C=O) groups is 1. The number of fused-ring (bicyclic) bond motifs is 2. The van der Waals surface area contributed by atoms with Crippen molar-refractivity contribution in [3.8, 4) is 11.5 Å². The summed E-state index contributed by atoms with van der Waals surface area (Å²) in [5.41, 5.74) is 2.40. The average molecular weight is 443 g/mol. The first-order valence-electron chi connectivity index (χ1n) is 10.8. The number of aryl methyl sites for hydroxylation is 1. The van der Waals surface area contributed by atoms with Crippen LogP contribution in [0.4, 0.5) is 0 Å². The predicted octanol–water partition coefficient (Wildman–Crippen LogP) is 2.80. The van der Waals surface area contributed by atoms with Crippen molar-refractivity contribution >= 4 is 15.9 Å². The summed E-state index contributed by atoms with van der Waals surface area (Å²) in [6, 6.07) is 12.0. The second-order valence-corrected chi connectivity index (χ2v) is 10.1. The number of nitrogens with zero attached hydrogens (tertiary/aromatic N) is 1. The van der Waals surface area contributed by atoms with Gasteiger partial charge >= 0.3 is 0 Å². The Labute approximate surface area is 182 Å². The Hall–Kier alpha value is -2.58. The molecule has 1 N–H and O–H groups in total. The minimum Gasteiger partial charge on any atom is -0.486 e. The number of nitrogens with one attached hydrogen (secondary N) is 1. The fourth-order valence-electron chi connectivity index (χ4n) is 4.78. The van der Waals surface area contributed by atoms with Crippen LogP contribution in [0.2, 0.25) is 0 Å². The molecule has 7 nitrogen and oxygen atoms in total. The summed E-state index contributed by atoms with van der Waals surface area (Å²) in [5, 5.41) is 3.13. The van der Waals surface area contributed by atoms with Crippen molar-refractivity contribution in [1.82, 2.24) is 9.62 Å². The van der Waals surface area contributed by atoms with Gasteiger partial charge in [-0.15, -0.1) is 0 Å². The molecular weight excluding hydrogens is 416 g/mol. The van der Waals surface area contributed by atoms with Crippen molar-refractivity contribution in [2.75, 3.05) is 19.8 Å². The fourth-order valence-corrected chi connectivity index (χ4v) is 6.45. The number of carbonyl (C=O) groups excluding carboxylic acids is 1. The van der Waals surface area contributed by atoms with Gasteiger partial charge in [-0.3, -0.25) is 4.79 Å². The van der Waals surface area contributed by atoms with E-state index in [0.29, 0.717) is 44.1 Å². The van der Waals surface area contributed by atoms with Crippen LogP contribution in [-0.4, -0.2) is 44.4 Å². The van der Waals surface area contributed by atoms with Crippen LogP contribution in [0.1, 0.15) is 42.9 Å². The van der Waals surface area contributed by atoms with E-state index < -0.39 is 16.1 Å². The molecule has 1 aliphatic carbocycles. The SMILES string of the molecule is O=C(N[C@@H]1CCCc2ccccc21)[C@@H]1CCCN1S(=O)(=O)c1ccc2c(c1)OCCO2. The van der Waals surface area contributed by atoms with Crippen molar-refractivity contribution < 1.29 is 22.7 Å². The molecule has 2 aromatic rings. The number of hydrogen-bond donors (Lipinski definition) is 1. The summed E-state index contributed by atoms with van der Waals surface area (Å²) in [7, 11) is -3.83. The molecule has 2 heterocycles. The summed E-state index contributed by atoms with van der Waals surface area (Å²) >= 11 is 0. The molecule has 31 heavy (non-hydrogen) atoms. The lowest BCUT2D eigenvalue weighted by atomic mass is 9.87. The standard InChI is InChI=1S/C23H26N2O5S/c26-23(24-19-8-3-6-16-5-1-2-7-18(16)19)20-9-4-12-25(20)31(27,28)17-10-11-21-22(15-17)30-14-13-29-21/h1-2,5,7,10-11,15,19-20H,3-4,6,8-9,12-14H2,(H,24,26)/t19-,20+/m1/s1. The molecule has 2 aromatic carbocycles. The lowest BCUT2D eigenvalue weighted by molar-refractivity contribution is -0.125. The molecule has 164 valence electrons. The number of ether oxygens (including phenoxy) is 2. The molecule has 0 aromatic heterocycles. The van der Waals surface area contributed by atoms with Crippen LogP contribution >= 0.6 is 0 Å². The van der Waals surface area contributed by atoms with E-state index in [-0.39, 0.29) is 16.8 Å². The molecule has 1 saturated heterocycles. The van der Waals surface area contributed by atoms with E-state index in [1.807, 2.05) is 12.1 Å². The summed E-state index contributed by atoms with van der Waals surface area (Å²) in [6.45, 7) is 1.15. The topological polar surface area (TPSA) is 84.9 Å². The Balaban J connectivity index is 1.36. The minimum atomic E-state index is -3.83. The second kappa shape index (κ2) is 8.16. The van der Waals surface area contributed by atoms with Crippen molar-refractivity contribution in [2.24, 2.45) is 0 Å². The zero-order valence-electron chi connectivity index (χ0n) is 17.2.